The molecule has 5 rings (SSSR count). The summed E-state index contributed by atoms with van der Waals surface area (Å²) < 4.78 is 0. The van der Waals surface area contributed by atoms with E-state index in [1.807, 2.05) is 0 Å². The summed E-state index contributed by atoms with van der Waals surface area (Å²) >= 11 is 0. The van der Waals surface area contributed by atoms with Gasteiger partial charge in [0, 0.05) is 0 Å². The zero-order chi connectivity index (χ0) is 14.0. The molecule has 0 aliphatic heterocycles. The lowest BCUT2D eigenvalue weighted by atomic mass is 9.77. The fourth-order valence-corrected chi connectivity index (χ4v) is 6.45. The van der Waals surface area contributed by atoms with E-state index < -0.39 is 0 Å². The average molecular weight is 280 g/mol. The van der Waals surface area contributed by atoms with E-state index in [-0.39, 0.29) is 0 Å². The molecule has 0 aromatic heterocycles. The molecule has 4 aliphatic rings. The Balaban J connectivity index is 1.59. The Kier molecular flexibility index (Phi) is 2.79. The molecule has 0 spiro atoms. The largest absolute Gasteiger partial charge is 0.0581 e. The average Bonchev–Trinajstić information content (AvgIpc) is 3.02. The summed E-state index contributed by atoms with van der Waals surface area (Å²) in [7, 11) is 0. The van der Waals surface area contributed by atoms with E-state index in [1.54, 1.807) is 22.3 Å². The van der Waals surface area contributed by atoms with E-state index >= 15 is 0 Å². The fraction of sp³-hybridized carbons (Fsp3) is 0.714. The molecule has 0 radical (unpaired) electrons. The molecule has 0 nitrogen and oxygen atoms in total. The van der Waals surface area contributed by atoms with Gasteiger partial charge in [0.2, 0.25) is 0 Å². The van der Waals surface area contributed by atoms with Crippen molar-refractivity contribution in [3.63, 3.8) is 0 Å². The Hall–Kier alpha value is -0.780. The maximum Gasteiger partial charge on any atom is -0.0125 e. The summed E-state index contributed by atoms with van der Waals surface area (Å²) in [5.74, 6) is 4.64. The van der Waals surface area contributed by atoms with Crippen LogP contribution in [-0.4, -0.2) is 0 Å². The van der Waals surface area contributed by atoms with Gasteiger partial charge in [-0.2, -0.15) is 0 Å². The van der Waals surface area contributed by atoms with Gasteiger partial charge < -0.3 is 0 Å². The minimum Gasteiger partial charge on any atom is -0.0581 e. The van der Waals surface area contributed by atoms with Gasteiger partial charge in [-0.05, 0) is 83.9 Å². The third-order valence-corrected chi connectivity index (χ3v) is 7.49. The molecule has 0 saturated heterocycles. The molecule has 1 aromatic rings. The minimum atomic E-state index is 0.832. The van der Waals surface area contributed by atoms with E-state index in [9.17, 15) is 0 Å². The number of hydrogen-bond acceptors (Lipinski definition) is 0. The molecule has 0 amide bonds. The smallest absolute Gasteiger partial charge is 0.0125 e. The number of benzene rings is 1. The molecule has 112 valence electrons. The van der Waals surface area contributed by atoms with Crippen molar-refractivity contribution in [2.45, 2.75) is 82.5 Å². The van der Waals surface area contributed by atoms with Gasteiger partial charge in [0.25, 0.3) is 0 Å². The molecule has 0 bridgehead atoms. The Morgan fingerprint density at radius 2 is 1.52 bits per heavy atom. The molecule has 0 heterocycles. The van der Waals surface area contributed by atoms with Crippen molar-refractivity contribution in [1.29, 1.82) is 0 Å². The molecule has 0 N–H and O–H groups in total. The first kappa shape index (κ1) is 12.7. The van der Waals surface area contributed by atoms with Crippen molar-refractivity contribution in [3.05, 3.63) is 34.4 Å². The highest BCUT2D eigenvalue weighted by Gasteiger charge is 2.42. The van der Waals surface area contributed by atoms with Gasteiger partial charge in [-0.1, -0.05) is 44.7 Å². The predicted octanol–water partition coefficient (Wildman–Crippen LogP) is 5.91. The topological polar surface area (TPSA) is 0 Å². The summed E-state index contributed by atoms with van der Waals surface area (Å²) in [6.07, 6.45) is 13.2. The lowest BCUT2D eigenvalue weighted by Crippen LogP contribution is -2.15. The van der Waals surface area contributed by atoms with Crippen molar-refractivity contribution < 1.29 is 0 Å². The molecule has 5 unspecified atom stereocenters. The number of hydrogen-bond donors (Lipinski definition) is 0. The summed E-state index contributed by atoms with van der Waals surface area (Å²) in [4.78, 5) is 0. The third-order valence-electron chi connectivity index (χ3n) is 7.49. The summed E-state index contributed by atoms with van der Waals surface area (Å²) in [6, 6.07) is 5.39. The van der Waals surface area contributed by atoms with E-state index in [0.29, 0.717) is 0 Å². The highest BCUT2D eigenvalue weighted by atomic mass is 14.5. The van der Waals surface area contributed by atoms with Crippen LogP contribution in [0.1, 0.15) is 98.3 Å². The van der Waals surface area contributed by atoms with Crippen LogP contribution in [0.4, 0.5) is 0 Å². The van der Waals surface area contributed by atoms with Crippen LogP contribution in [0.2, 0.25) is 0 Å². The summed E-state index contributed by atoms with van der Waals surface area (Å²) in [5.41, 5.74) is 7.08. The second kappa shape index (κ2) is 4.61. The second-order valence-electron chi connectivity index (χ2n) is 8.38. The van der Waals surface area contributed by atoms with Gasteiger partial charge in [0.15, 0.2) is 0 Å². The third kappa shape index (κ3) is 1.74. The Bertz CT molecular complexity index is 570. The highest BCUT2D eigenvalue weighted by Crippen LogP contribution is 2.56. The zero-order valence-electron chi connectivity index (χ0n) is 13.4. The Morgan fingerprint density at radius 1 is 0.762 bits per heavy atom. The quantitative estimate of drug-likeness (QED) is 0.554. The maximum absolute atomic E-state index is 2.70. The SMILES string of the molecule is CC1c2cc3c(cc2C2CCCCC12)CC1CCCCC31. The van der Waals surface area contributed by atoms with Crippen LogP contribution in [0.25, 0.3) is 0 Å². The Morgan fingerprint density at radius 3 is 2.43 bits per heavy atom. The molecule has 2 fully saturated rings. The number of fused-ring (bicyclic) bond motifs is 6. The van der Waals surface area contributed by atoms with E-state index in [4.69, 9.17) is 0 Å². The van der Waals surface area contributed by atoms with Crippen LogP contribution in [0, 0.1) is 11.8 Å². The lowest BCUT2D eigenvalue weighted by molar-refractivity contribution is 0.298. The molecular formula is C21H28. The van der Waals surface area contributed by atoms with Crippen molar-refractivity contribution in [3.8, 4) is 0 Å². The van der Waals surface area contributed by atoms with Crippen molar-refractivity contribution in [1.82, 2.24) is 0 Å². The summed E-state index contributed by atoms with van der Waals surface area (Å²) in [5, 5.41) is 0. The highest BCUT2D eigenvalue weighted by molar-refractivity contribution is 5.50. The molecule has 5 atom stereocenters. The standard InChI is InChI=1S/C21H28/c1-13-16-7-4-5-9-18(16)21-11-15-10-14-6-2-3-8-17(14)20(15)12-19(13)21/h11-14,16-18H,2-10H2,1H3. The maximum atomic E-state index is 2.70. The molecule has 21 heavy (non-hydrogen) atoms. The van der Waals surface area contributed by atoms with Gasteiger partial charge in [-0.3, -0.25) is 0 Å². The molecule has 2 saturated carbocycles. The van der Waals surface area contributed by atoms with Gasteiger partial charge in [0.1, 0.15) is 0 Å². The second-order valence-corrected chi connectivity index (χ2v) is 8.38. The monoisotopic (exact) mass is 280 g/mol. The molecular weight excluding hydrogens is 252 g/mol. The molecule has 0 heteroatoms. The summed E-state index contributed by atoms with van der Waals surface area (Å²) in [6.45, 7) is 2.52. The van der Waals surface area contributed by atoms with Crippen LogP contribution in [-0.2, 0) is 6.42 Å². The Labute approximate surface area is 129 Å². The predicted molar refractivity (Wildman–Crippen MR) is 88.0 cm³/mol. The van der Waals surface area contributed by atoms with Gasteiger partial charge in [-0.15, -0.1) is 0 Å². The van der Waals surface area contributed by atoms with Crippen molar-refractivity contribution >= 4 is 0 Å². The molecule has 4 aliphatic carbocycles. The fourth-order valence-electron chi connectivity index (χ4n) is 6.45. The van der Waals surface area contributed by atoms with Crippen LogP contribution >= 0.6 is 0 Å². The first-order chi connectivity index (χ1) is 10.3. The van der Waals surface area contributed by atoms with Gasteiger partial charge in [-0.25, -0.2) is 0 Å². The van der Waals surface area contributed by atoms with E-state index in [0.717, 1.165) is 29.6 Å². The van der Waals surface area contributed by atoms with Crippen LogP contribution in [0.3, 0.4) is 0 Å². The van der Waals surface area contributed by atoms with E-state index in [2.05, 4.69) is 19.1 Å². The van der Waals surface area contributed by atoms with Crippen LogP contribution in [0.15, 0.2) is 12.1 Å². The van der Waals surface area contributed by atoms with Crippen LogP contribution < -0.4 is 0 Å². The van der Waals surface area contributed by atoms with Gasteiger partial charge >= 0.3 is 0 Å². The van der Waals surface area contributed by atoms with Crippen molar-refractivity contribution in [2.24, 2.45) is 11.8 Å². The normalized spacial score (nSPS) is 40.3. The molecule has 1 aromatic carbocycles. The first-order valence-corrected chi connectivity index (χ1v) is 9.49. The van der Waals surface area contributed by atoms with Crippen LogP contribution in [0.5, 0.6) is 0 Å². The van der Waals surface area contributed by atoms with Crippen molar-refractivity contribution in [2.75, 3.05) is 0 Å². The lowest BCUT2D eigenvalue weighted by Gasteiger charge is -2.28. The van der Waals surface area contributed by atoms with E-state index in [1.165, 1.54) is 57.8 Å². The first-order valence-electron chi connectivity index (χ1n) is 9.49. The zero-order valence-corrected chi connectivity index (χ0v) is 13.4. The number of rotatable bonds is 0. The van der Waals surface area contributed by atoms with Gasteiger partial charge in [0.05, 0.1) is 0 Å². The minimum absolute atomic E-state index is 0.832.